The van der Waals surface area contributed by atoms with Crippen molar-refractivity contribution < 1.29 is 14.3 Å². The van der Waals surface area contributed by atoms with Gasteiger partial charge in [-0.15, -0.1) is 0 Å². The third-order valence-electron chi connectivity index (χ3n) is 4.04. The van der Waals surface area contributed by atoms with Crippen LogP contribution in [0.15, 0.2) is 29.3 Å². The third kappa shape index (κ3) is 4.13. The number of carbonyl (C=O) groups is 1. The zero-order chi connectivity index (χ0) is 16.2. The predicted molar refractivity (Wildman–Crippen MR) is 87.8 cm³/mol. The van der Waals surface area contributed by atoms with E-state index in [2.05, 4.69) is 14.8 Å². The van der Waals surface area contributed by atoms with Crippen molar-refractivity contribution >= 4 is 17.7 Å². The monoisotopic (exact) mass is 318 g/mol. The highest BCUT2D eigenvalue weighted by molar-refractivity contribution is 5.73. The molecule has 7 heteroatoms. The van der Waals surface area contributed by atoms with E-state index in [0.717, 1.165) is 38.4 Å². The highest BCUT2D eigenvalue weighted by Crippen LogP contribution is 2.21. The van der Waals surface area contributed by atoms with Crippen LogP contribution in [0, 0.1) is 0 Å². The molecule has 1 unspecified atom stereocenters. The lowest BCUT2D eigenvalue weighted by Gasteiger charge is -2.36. The minimum atomic E-state index is -0.301. The Balaban J connectivity index is 1.47. The molecule has 0 bridgehead atoms. The fourth-order valence-corrected chi connectivity index (χ4v) is 2.90. The largest absolute Gasteiger partial charge is 0.459 e. The van der Waals surface area contributed by atoms with Crippen molar-refractivity contribution in [2.24, 2.45) is 10.7 Å². The van der Waals surface area contributed by atoms with E-state index in [9.17, 15) is 4.79 Å². The summed E-state index contributed by atoms with van der Waals surface area (Å²) >= 11 is 0. The Morgan fingerprint density at radius 2 is 2.00 bits per heavy atom. The quantitative estimate of drug-likeness (QED) is 0.641. The summed E-state index contributed by atoms with van der Waals surface area (Å²) in [5.41, 5.74) is 6.68. The summed E-state index contributed by atoms with van der Waals surface area (Å²) in [4.78, 5) is 19.7. The van der Waals surface area contributed by atoms with Crippen LogP contribution in [0.2, 0.25) is 0 Å². The van der Waals surface area contributed by atoms with Crippen LogP contribution in [0.4, 0.5) is 5.69 Å². The molecule has 7 nitrogen and oxygen atoms in total. The molecule has 2 N–H and O–H groups in total. The van der Waals surface area contributed by atoms with Crippen LogP contribution in [0.3, 0.4) is 0 Å². The fraction of sp³-hybridized carbons (Fsp3) is 0.500. The third-order valence-corrected chi connectivity index (χ3v) is 4.04. The number of benzene rings is 1. The second kappa shape index (κ2) is 6.87. The second-order valence-electron chi connectivity index (χ2n) is 5.79. The number of aliphatic imine (C=N–C) groups is 1. The number of hydrogen-bond acceptors (Lipinski definition) is 7. The average Bonchev–Trinajstić information content (AvgIpc) is 2.93. The first-order valence-electron chi connectivity index (χ1n) is 7.82. The smallest absolute Gasteiger partial charge is 0.308 e. The molecule has 2 aliphatic heterocycles. The lowest BCUT2D eigenvalue weighted by molar-refractivity contribution is -0.131. The minimum absolute atomic E-state index is 0.0876. The Morgan fingerprint density at radius 1 is 1.30 bits per heavy atom. The number of hydrogen-bond donors (Lipinski definition) is 1. The van der Waals surface area contributed by atoms with Crippen LogP contribution in [0.5, 0.6) is 5.75 Å². The first kappa shape index (κ1) is 15.6. The van der Waals surface area contributed by atoms with E-state index in [4.69, 9.17) is 15.2 Å². The van der Waals surface area contributed by atoms with Gasteiger partial charge < -0.3 is 20.1 Å². The molecule has 0 amide bonds. The number of carbonyl (C=O) groups excluding carboxylic acids is 1. The number of esters is 1. The van der Waals surface area contributed by atoms with Crippen LogP contribution in [0.25, 0.3) is 0 Å². The minimum Gasteiger partial charge on any atom is -0.459 e. The summed E-state index contributed by atoms with van der Waals surface area (Å²) < 4.78 is 10.5. The van der Waals surface area contributed by atoms with Gasteiger partial charge >= 0.3 is 5.97 Å². The first-order chi connectivity index (χ1) is 11.1. The van der Waals surface area contributed by atoms with Crippen molar-refractivity contribution in [3.63, 3.8) is 0 Å². The SMILES string of the molecule is CC(=O)Oc1ccc(N2CCN(CC3CN=C(N)O3)CC2)cc1. The molecule has 0 radical (unpaired) electrons. The molecule has 0 aromatic heterocycles. The number of rotatable bonds is 4. The van der Waals surface area contributed by atoms with Crippen LogP contribution in [-0.2, 0) is 9.53 Å². The van der Waals surface area contributed by atoms with E-state index < -0.39 is 0 Å². The van der Waals surface area contributed by atoms with Crippen LogP contribution >= 0.6 is 0 Å². The van der Waals surface area contributed by atoms with E-state index in [1.165, 1.54) is 6.92 Å². The molecular weight excluding hydrogens is 296 g/mol. The zero-order valence-corrected chi connectivity index (χ0v) is 13.3. The van der Waals surface area contributed by atoms with Crippen molar-refractivity contribution in [1.82, 2.24) is 4.90 Å². The van der Waals surface area contributed by atoms with Gasteiger partial charge in [0.15, 0.2) is 0 Å². The van der Waals surface area contributed by atoms with Crippen molar-refractivity contribution in [3.05, 3.63) is 24.3 Å². The Kier molecular flexibility index (Phi) is 4.66. The van der Waals surface area contributed by atoms with Crippen molar-refractivity contribution in [1.29, 1.82) is 0 Å². The van der Waals surface area contributed by atoms with Gasteiger partial charge in [-0.3, -0.25) is 9.69 Å². The molecule has 2 aliphatic rings. The Bertz CT molecular complexity index is 579. The first-order valence-corrected chi connectivity index (χ1v) is 7.82. The average molecular weight is 318 g/mol. The number of ether oxygens (including phenoxy) is 2. The molecule has 1 atom stereocenters. The number of anilines is 1. The summed E-state index contributed by atoms with van der Waals surface area (Å²) in [6.07, 6.45) is 0.0876. The van der Waals surface area contributed by atoms with Gasteiger partial charge in [-0.05, 0) is 24.3 Å². The number of piperazine rings is 1. The van der Waals surface area contributed by atoms with Crippen molar-refractivity contribution in [3.8, 4) is 5.75 Å². The molecule has 1 aromatic carbocycles. The Morgan fingerprint density at radius 3 is 2.57 bits per heavy atom. The maximum Gasteiger partial charge on any atom is 0.308 e. The summed E-state index contributed by atoms with van der Waals surface area (Å²) in [5.74, 6) is 0.279. The summed E-state index contributed by atoms with van der Waals surface area (Å²) in [6.45, 7) is 6.79. The molecule has 124 valence electrons. The maximum absolute atomic E-state index is 10.9. The lowest BCUT2D eigenvalue weighted by atomic mass is 10.2. The topological polar surface area (TPSA) is 80.4 Å². The van der Waals surface area contributed by atoms with Crippen LogP contribution in [-0.4, -0.2) is 62.3 Å². The summed E-state index contributed by atoms with van der Waals surface area (Å²) in [6, 6.07) is 7.94. The molecule has 1 saturated heterocycles. The molecule has 2 heterocycles. The maximum atomic E-state index is 10.9. The van der Waals surface area contributed by atoms with Gasteiger partial charge in [-0.2, -0.15) is 0 Å². The normalized spacial score (nSPS) is 21.7. The van der Waals surface area contributed by atoms with Gasteiger partial charge in [0.2, 0.25) is 0 Å². The highest BCUT2D eigenvalue weighted by atomic mass is 16.5. The second-order valence-corrected chi connectivity index (χ2v) is 5.79. The zero-order valence-electron chi connectivity index (χ0n) is 13.3. The van der Waals surface area contributed by atoms with Gasteiger partial charge in [0.05, 0.1) is 6.54 Å². The van der Waals surface area contributed by atoms with E-state index in [1.807, 2.05) is 24.3 Å². The molecular formula is C16H22N4O3. The summed E-state index contributed by atoms with van der Waals surface area (Å²) in [7, 11) is 0. The van der Waals surface area contributed by atoms with Gasteiger partial charge in [-0.1, -0.05) is 0 Å². The van der Waals surface area contributed by atoms with E-state index in [-0.39, 0.29) is 12.1 Å². The van der Waals surface area contributed by atoms with Crippen LogP contribution in [0.1, 0.15) is 6.92 Å². The highest BCUT2D eigenvalue weighted by Gasteiger charge is 2.24. The lowest BCUT2D eigenvalue weighted by Crippen LogP contribution is -2.49. The standard InChI is InChI=1S/C16H22N4O3/c1-12(21)22-14-4-2-13(3-5-14)20-8-6-19(7-9-20)11-15-10-18-16(17)23-15/h2-5,15H,6-11H2,1H3,(H2,17,18). The van der Waals surface area contributed by atoms with E-state index >= 15 is 0 Å². The molecule has 3 rings (SSSR count). The van der Waals surface area contributed by atoms with E-state index in [1.54, 1.807) is 0 Å². The number of amidine groups is 1. The predicted octanol–water partition coefficient (Wildman–Crippen LogP) is 0.447. The number of nitrogens with zero attached hydrogens (tertiary/aromatic N) is 3. The van der Waals surface area contributed by atoms with Crippen LogP contribution < -0.4 is 15.4 Å². The van der Waals surface area contributed by atoms with Crippen molar-refractivity contribution in [2.75, 3.05) is 44.2 Å². The molecule has 0 saturated carbocycles. The molecule has 1 fully saturated rings. The fourth-order valence-electron chi connectivity index (χ4n) is 2.90. The van der Waals surface area contributed by atoms with Gasteiger partial charge in [-0.25, -0.2) is 4.99 Å². The number of nitrogens with two attached hydrogens (primary N) is 1. The molecule has 23 heavy (non-hydrogen) atoms. The van der Waals surface area contributed by atoms with Gasteiger partial charge in [0, 0.05) is 45.3 Å². The Labute approximate surface area is 135 Å². The van der Waals surface area contributed by atoms with Gasteiger partial charge in [0.25, 0.3) is 6.02 Å². The molecule has 1 aromatic rings. The molecule has 0 spiro atoms. The van der Waals surface area contributed by atoms with Gasteiger partial charge in [0.1, 0.15) is 11.9 Å². The summed E-state index contributed by atoms with van der Waals surface area (Å²) in [5, 5.41) is 0. The van der Waals surface area contributed by atoms with Crippen molar-refractivity contribution in [2.45, 2.75) is 13.0 Å². The molecule has 0 aliphatic carbocycles. The van der Waals surface area contributed by atoms with E-state index in [0.29, 0.717) is 18.3 Å². The Hall–Kier alpha value is -2.28.